The topological polar surface area (TPSA) is 78.4 Å². The third-order valence-corrected chi connectivity index (χ3v) is 5.20. The smallest absolute Gasteiger partial charge is 0.271 e. The number of rotatable bonds is 11. The van der Waals surface area contributed by atoms with Crippen molar-refractivity contribution in [1.29, 1.82) is 0 Å². The first-order valence-corrected chi connectivity index (χ1v) is 11.2. The van der Waals surface area contributed by atoms with Crippen LogP contribution in [0.3, 0.4) is 0 Å². The highest BCUT2D eigenvalue weighted by Crippen LogP contribution is 2.36. The van der Waals surface area contributed by atoms with Crippen LogP contribution in [0.1, 0.15) is 21.5 Å². The molecule has 9 heteroatoms. The molecule has 0 fully saturated rings. The molecule has 7 nitrogen and oxygen atoms in total. The quantitative estimate of drug-likeness (QED) is 0.195. The number of halogens is 2. The Kier molecular flexibility index (Phi) is 9.40. The Balaban J connectivity index is 1.68. The summed E-state index contributed by atoms with van der Waals surface area (Å²) >= 11 is 12.4. The predicted molar refractivity (Wildman–Crippen MR) is 138 cm³/mol. The van der Waals surface area contributed by atoms with Crippen LogP contribution in [0.4, 0.5) is 0 Å². The average Bonchev–Trinajstić information content (AvgIpc) is 2.86. The molecule has 0 aliphatic rings. The van der Waals surface area contributed by atoms with Crippen LogP contribution in [-0.2, 0) is 6.61 Å². The van der Waals surface area contributed by atoms with Gasteiger partial charge in [0.15, 0.2) is 23.0 Å². The van der Waals surface area contributed by atoms with Gasteiger partial charge in [-0.05, 0) is 53.6 Å². The fourth-order valence-corrected chi connectivity index (χ4v) is 3.53. The van der Waals surface area contributed by atoms with Crippen LogP contribution in [0.25, 0.3) is 0 Å². The summed E-state index contributed by atoms with van der Waals surface area (Å²) in [5.74, 6) is 1.32. The van der Waals surface area contributed by atoms with Gasteiger partial charge in [0, 0.05) is 10.6 Å². The number of carbonyl (C=O) groups is 1. The van der Waals surface area contributed by atoms with E-state index in [1.54, 1.807) is 42.5 Å². The fraction of sp³-hybridized carbons (Fsp3) is 0.154. The molecule has 182 valence electrons. The lowest BCUT2D eigenvalue weighted by atomic mass is 10.2. The first-order chi connectivity index (χ1) is 16.9. The third-order valence-electron chi connectivity index (χ3n) is 4.69. The van der Waals surface area contributed by atoms with Gasteiger partial charge in [-0.25, -0.2) is 5.43 Å². The second-order valence-electron chi connectivity index (χ2n) is 7.12. The number of nitrogens with one attached hydrogen (secondary N) is 1. The zero-order valence-electron chi connectivity index (χ0n) is 19.2. The number of ether oxygens (including phenoxy) is 4. The number of benzene rings is 3. The number of hydrogen-bond donors (Lipinski definition) is 1. The van der Waals surface area contributed by atoms with Gasteiger partial charge in [0.1, 0.15) is 13.2 Å². The molecule has 0 aliphatic heterocycles. The summed E-state index contributed by atoms with van der Waals surface area (Å²) < 4.78 is 22.1. The number of carbonyl (C=O) groups excluding carboxylic acids is 1. The molecule has 0 saturated heterocycles. The largest absolute Gasteiger partial charge is 0.493 e. The summed E-state index contributed by atoms with van der Waals surface area (Å²) in [7, 11) is 3.01. The van der Waals surface area contributed by atoms with E-state index in [-0.39, 0.29) is 6.61 Å². The first kappa shape index (κ1) is 25.9. The summed E-state index contributed by atoms with van der Waals surface area (Å²) in [6.45, 7) is 4.19. The van der Waals surface area contributed by atoms with Gasteiger partial charge in [-0.15, -0.1) is 0 Å². The normalized spacial score (nSPS) is 10.6. The van der Waals surface area contributed by atoms with Crippen LogP contribution in [0, 0.1) is 0 Å². The fourth-order valence-electron chi connectivity index (χ4n) is 3.04. The van der Waals surface area contributed by atoms with Crippen molar-refractivity contribution < 1.29 is 23.7 Å². The maximum atomic E-state index is 12.5. The minimum atomic E-state index is -0.422. The second-order valence-corrected chi connectivity index (χ2v) is 7.96. The van der Waals surface area contributed by atoms with Crippen molar-refractivity contribution >= 4 is 35.3 Å². The molecule has 1 N–H and O–H groups in total. The molecule has 0 aliphatic carbocycles. The molecule has 35 heavy (non-hydrogen) atoms. The van der Waals surface area contributed by atoms with Crippen LogP contribution >= 0.6 is 23.2 Å². The summed E-state index contributed by atoms with van der Waals surface area (Å²) in [4.78, 5) is 12.5. The van der Waals surface area contributed by atoms with Gasteiger partial charge in [0.2, 0.25) is 0 Å². The van der Waals surface area contributed by atoms with Crippen LogP contribution in [-0.4, -0.2) is 32.9 Å². The molecule has 1 amide bonds. The SMILES string of the molecule is C=CCOc1ccc(C(=O)N/N=C/c2cc(Cl)c(OCc3cccc(Cl)c3)c(OC)c2)cc1OC. The summed E-state index contributed by atoms with van der Waals surface area (Å²) in [5.41, 5.74) is 4.32. The van der Waals surface area contributed by atoms with Gasteiger partial charge in [-0.1, -0.05) is 48.0 Å². The molecular weight excluding hydrogens is 491 g/mol. The summed E-state index contributed by atoms with van der Waals surface area (Å²) in [6.07, 6.45) is 3.07. The van der Waals surface area contributed by atoms with Gasteiger partial charge in [-0.3, -0.25) is 4.79 Å². The van der Waals surface area contributed by atoms with Crippen molar-refractivity contribution in [2.45, 2.75) is 6.61 Å². The van der Waals surface area contributed by atoms with E-state index < -0.39 is 5.91 Å². The highest BCUT2D eigenvalue weighted by molar-refractivity contribution is 6.32. The van der Waals surface area contributed by atoms with Crippen LogP contribution in [0.2, 0.25) is 10.0 Å². The molecule has 3 rings (SSSR count). The molecular formula is C26H24Cl2N2O5. The lowest BCUT2D eigenvalue weighted by Crippen LogP contribution is -2.17. The molecule has 0 spiro atoms. The van der Waals surface area contributed by atoms with E-state index in [4.69, 9.17) is 42.1 Å². The van der Waals surface area contributed by atoms with Gasteiger partial charge < -0.3 is 18.9 Å². The van der Waals surface area contributed by atoms with Gasteiger partial charge in [0.05, 0.1) is 25.5 Å². The molecule has 0 heterocycles. The van der Waals surface area contributed by atoms with Gasteiger partial charge >= 0.3 is 0 Å². The number of hydrazone groups is 1. The minimum absolute atomic E-state index is 0.265. The Morgan fingerprint density at radius 3 is 2.51 bits per heavy atom. The van der Waals surface area contributed by atoms with Crippen molar-refractivity contribution in [3.63, 3.8) is 0 Å². The van der Waals surface area contributed by atoms with E-state index in [0.29, 0.717) is 50.8 Å². The Morgan fingerprint density at radius 1 is 1.00 bits per heavy atom. The summed E-state index contributed by atoms with van der Waals surface area (Å²) in [5, 5.41) is 4.97. The third kappa shape index (κ3) is 7.15. The van der Waals surface area contributed by atoms with E-state index in [2.05, 4.69) is 17.1 Å². The van der Waals surface area contributed by atoms with Crippen molar-refractivity contribution in [2.24, 2.45) is 5.10 Å². The first-order valence-electron chi connectivity index (χ1n) is 10.4. The molecule has 0 radical (unpaired) electrons. The molecule has 3 aromatic rings. The predicted octanol–water partition coefficient (Wildman–Crippen LogP) is 5.92. The molecule has 0 aromatic heterocycles. The maximum absolute atomic E-state index is 12.5. The maximum Gasteiger partial charge on any atom is 0.271 e. The van der Waals surface area contributed by atoms with Crippen molar-refractivity contribution in [2.75, 3.05) is 20.8 Å². The Bertz CT molecular complexity index is 1230. The van der Waals surface area contributed by atoms with Crippen molar-refractivity contribution in [3.05, 3.63) is 94.0 Å². The van der Waals surface area contributed by atoms with Crippen molar-refractivity contribution in [3.8, 4) is 23.0 Å². The Morgan fingerprint density at radius 2 is 1.80 bits per heavy atom. The van der Waals surface area contributed by atoms with Gasteiger partial charge in [-0.2, -0.15) is 5.10 Å². The van der Waals surface area contributed by atoms with Crippen LogP contribution < -0.4 is 24.4 Å². The summed E-state index contributed by atoms with van der Waals surface area (Å²) in [6, 6.07) is 15.5. The Hall–Kier alpha value is -3.68. The Labute approximate surface area is 213 Å². The minimum Gasteiger partial charge on any atom is -0.493 e. The molecule has 0 saturated carbocycles. The number of nitrogens with zero attached hydrogens (tertiary/aromatic N) is 1. The van der Waals surface area contributed by atoms with E-state index >= 15 is 0 Å². The van der Waals surface area contributed by atoms with Crippen molar-refractivity contribution in [1.82, 2.24) is 5.43 Å². The molecule has 3 aromatic carbocycles. The van der Waals surface area contributed by atoms with Crippen LogP contribution in [0.5, 0.6) is 23.0 Å². The standard InChI is InChI=1S/C26H24Cl2N2O5/c1-4-10-34-22-9-8-19(14-23(22)32-2)26(31)30-29-15-18-12-21(28)25(24(13-18)33-3)35-16-17-6-5-7-20(27)11-17/h4-9,11-15H,1,10,16H2,2-3H3,(H,30,31)/b29-15+. The number of amides is 1. The molecule has 0 bridgehead atoms. The van der Waals surface area contributed by atoms with E-state index in [0.717, 1.165) is 5.56 Å². The molecule has 0 atom stereocenters. The molecule has 0 unspecified atom stereocenters. The van der Waals surface area contributed by atoms with E-state index in [9.17, 15) is 4.79 Å². The lowest BCUT2D eigenvalue weighted by molar-refractivity contribution is 0.0954. The number of hydrogen-bond acceptors (Lipinski definition) is 6. The van der Waals surface area contributed by atoms with E-state index in [1.807, 2.05) is 18.2 Å². The van der Waals surface area contributed by atoms with E-state index in [1.165, 1.54) is 20.4 Å². The van der Waals surface area contributed by atoms with Crippen LogP contribution in [0.15, 0.2) is 72.4 Å². The highest BCUT2D eigenvalue weighted by Gasteiger charge is 2.13. The second kappa shape index (κ2) is 12.7. The average molecular weight is 515 g/mol. The number of methoxy groups -OCH3 is 2. The monoisotopic (exact) mass is 514 g/mol. The van der Waals surface area contributed by atoms with Gasteiger partial charge in [0.25, 0.3) is 5.91 Å². The highest BCUT2D eigenvalue weighted by atomic mass is 35.5. The lowest BCUT2D eigenvalue weighted by Gasteiger charge is -2.13. The zero-order valence-corrected chi connectivity index (χ0v) is 20.7. The zero-order chi connectivity index (χ0) is 25.2.